The molecule has 6 nitrogen and oxygen atoms in total. The maximum Gasteiger partial charge on any atom is 0.261 e. The van der Waals surface area contributed by atoms with Gasteiger partial charge in [0.25, 0.3) is 15.9 Å². The molecule has 1 saturated heterocycles. The topological polar surface area (TPSA) is 78.5 Å². The van der Waals surface area contributed by atoms with Crippen molar-refractivity contribution in [1.29, 1.82) is 0 Å². The van der Waals surface area contributed by atoms with Crippen molar-refractivity contribution in [3.05, 3.63) is 95.1 Å². The highest BCUT2D eigenvalue weighted by Gasteiger charge is 2.16. The van der Waals surface area contributed by atoms with Gasteiger partial charge in [0.1, 0.15) is 0 Å². The van der Waals surface area contributed by atoms with E-state index in [2.05, 4.69) is 27.1 Å². The van der Waals surface area contributed by atoms with Gasteiger partial charge in [0.15, 0.2) is 0 Å². The minimum absolute atomic E-state index is 0.187. The molecule has 1 aliphatic rings. The van der Waals surface area contributed by atoms with Gasteiger partial charge in [-0.15, -0.1) is 0 Å². The zero-order valence-electron chi connectivity index (χ0n) is 19.5. The molecular formula is C27H31N3O3S. The summed E-state index contributed by atoms with van der Waals surface area (Å²) in [7, 11) is -3.69. The molecule has 34 heavy (non-hydrogen) atoms. The van der Waals surface area contributed by atoms with Gasteiger partial charge >= 0.3 is 0 Å². The van der Waals surface area contributed by atoms with E-state index in [1.807, 2.05) is 12.1 Å². The summed E-state index contributed by atoms with van der Waals surface area (Å²) in [6, 6.07) is 21.4. The molecule has 1 heterocycles. The average Bonchev–Trinajstić information content (AvgIpc) is 2.85. The van der Waals surface area contributed by atoms with Gasteiger partial charge in [-0.05, 0) is 79.9 Å². The normalized spacial score (nSPS) is 14.5. The van der Waals surface area contributed by atoms with Crippen molar-refractivity contribution in [2.45, 2.75) is 44.2 Å². The molecule has 0 aromatic heterocycles. The second-order valence-corrected chi connectivity index (χ2v) is 10.4. The van der Waals surface area contributed by atoms with Crippen LogP contribution in [0.15, 0.2) is 77.7 Å². The zero-order chi connectivity index (χ0) is 24.0. The second-order valence-electron chi connectivity index (χ2n) is 8.74. The van der Waals surface area contributed by atoms with Crippen molar-refractivity contribution in [2.75, 3.05) is 17.8 Å². The van der Waals surface area contributed by atoms with Crippen molar-refractivity contribution in [1.82, 2.24) is 10.2 Å². The van der Waals surface area contributed by atoms with E-state index in [0.29, 0.717) is 23.4 Å². The van der Waals surface area contributed by atoms with Gasteiger partial charge in [-0.1, -0.05) is 48.9 Å². The van der Waals surface area contributed by atoms with Crippen LogP contribution in [0.3, 0.4) is 0 Å². The van der Waals surface area contributed by atoms with Gasteiger partial charge in [0.05, 0.1) is 10.6 Å². The first-order chi connectivity index (χ1) is 16.4. The van der Waals surface area contributed by atoms with E-state index in [1.165, 1.54) is 24.8 Å². The molecule has 178 valence electrons. The molecule has 0 atom stereocenters. The molecule has 0 spiro atoms. The molecule has 4 rings (SSSR count). The molecule has 3 aromatic rings. The Morgan fingerprint density at radius 1 is 0.882 bits per heavy atom. The smallest absolute Gasteiger partial charge is 0.261 e. The number of piperidine rings is 1. The molecule has 0 saturated carbocycles. The number of amides is 1. The maximum atomic E-state index is 12.8. The van der Waals surface area contributed by atoms with E-state index < -0.39 is 10.0 Å². The fourth-order valence-electron chi connectivity index (χ4n) is 4.24. The van der Waals surface area contributed by atoms with E-state index in [-0.39, 0.29) is 10.8 Å². The average molecular weight is 478 g/mol. The molecule has 1 aliphatic heterocycles. The summed E-state index contributed by atoms with van der Waals surface area (Å²) in [5.41, 5.74) is 3.98. The lowest BCUT2D eigenvalue weighted by Crippen LogP contribution is -2.30. The van der Waals surface area contributed by atoms with Crippen molar-refractivity contribution in [3.8, 4) is 0 Å². The predicted octanol–water partition coefficient (Wildman–Crippen LogP) is 4.71. The van der Waals surface area contributed by atoms with Crippen molar-refractivity contribution < 1.29 is 13.2 Å². The highest BCUT2D eigenvalue weighted by molar-refractivity contribution is 7.92. The number of hydrogen-bond donors (Lipinski definition) is 2. The van der Waals surface area contributed by atoms with Crippen LogP contribution in [0.1, 0.15) is 46.3 Å². The quantitative estimate of drug-likeness (QED) is 0.492. The fraction of sp³-hybridized carbons (Fsp3) is 0.296. The Hall–Kier alpha value is -3.16. The first kappa shape index (κ1) is 24.0. The van der Waals surface area contributed by atoms with Crippen molar-refractivity contribution in [2.24, 2.45) is 0 Å². The Labute approximate surface area is 202 Å². The molecular weight excluding hydrogens is 446 g/mol. The number of anilines is 1. The number of nitrogens with one attached hydrogen (secondary N) is 2. The minimum atomic E-state index is -3.69. The SMILES string of the molecule is Cc1cc(C(=O)NCc2ccccc2CN2CCCCC2)ccc1NS(=O)(=O)c1ccccc1. The van der Waals surface area contributed by atoms with E-state index in [9.17, 15) is 13.2 Å². The van der Waals surface area contributed by atoms with E-state index in [1.54, 1.807) is 55.5 Å². The van der Waals surface area contributed by atoms with Crippen LogP contribution in [0.4, 0.5) is 5.69 Å². The largest absolute Gasteiger partial charge is 0.348 e. The zero-order valence-corrected chi connectivity index (χ0v) is 20.3. The van der Waals surface area contributed by atoms with Gasteiger partial charge in [0, 0.05) is 18.7 Å². The summed E-state index contributed by atoms with van der Waals surface area (Å²) in [5, 5.41) is 3.02. The second kappa shape index (κ2) is 10.8. The van der Waals surface area contributed by atoms with E-state index >= 15 is 0 Å². The van der Waals surface area contributed by atoms with Crippen LogP contribution in [0.2, 0.25) is 0 Å². The minimum Gasteiger partial charge on any atom is -0.348 e. The van der Waals surface area contributed by atoms with Gasteiger partial charge in [-0.25, -0.2) is 8.42 Å². The van der Waals surface area contributed by atoms with Gasteiger partial charge in [-0.2, -0.15) is 0 Å². The van der Waals surface area contributed by atoms with Crippen molar-refractivity contribution in [3.63, 3.8) is 0 Å². The van der Waals surface area contributed by atoms with Crippen LogP contribution in [0.25, 0.3) is 0 Å². The molecule has 1 amide bonds. The van der Waals surface area contributed by atoms with Crippen LogP contribution < -0.4 is 10.0 Å². The molecule has 2 N–H and O–H groups in total. The predicted molar refractivity (Wildman–Crippen MR) is 135 cm³/mol. The number of benzene rings is 3. The lowest BCUT2D eigenvalue weighted by Gasteiger charge is -2.27. The number of carbonyl (C=O) groups excluding carboxylic acids is 1. The molecule has 0 bridgehead atoms. The Morgan fingerprint density at radius 3 is 2.26 bits per heavy atom. The maximum absolute atomic E-state index is 12.8. The Kier molecular flexibility index (Phi) is 7.65. The highest BCUT2D eigenvalue weighted by Crippen LogP contribution is 2.21. The van der Waals surface area contributed by atoms with Gasteiger partial charge in [-0.3, -0.25) is 14.4 Å². The summed E-state index contributed by atoms with van der Waals surface area (Å²) < 4.78 is 27.8. The highest BCUT2D eigenvalue weighted by atomic mass is 32.2. The number of rotatable bonds is 8. The first-order valence-electron chi connectivity index (χ1n) is 11.7. The number of likely N-dealkylation sites (tertiary alicyclic amines) is 1. The summed E-state index contributed by atoms with van der Waals surface area (Å²) in [4.78, 5) is 15.5. The molecule has 3 aromatic carbocycles. The first-order valence-corrected chi connectivity index (χ1v) is 13.2. The van der Waals surface area contributed by atoms with E-state index in [0.717, 1.165) is 25.2 Å². The van der Waals surface area contributed by atoms with Crippen LogP contribution >= 0.6 is 0 Å². The van der Waals surface area contributed by atoms with Crippen molar-refractivity contribution >= 4 is 21.6 Å². The molecule has 0 radical (unpaired) electrons. The lowest BCUT2D eigenvalue weighted by atomic mass is 10.0. The standard InChI is InChI=1S/C27H31N3O3S/c1-21-18-22(14-15-26(21)29-34(32,33)25-12-4-2-5-13-25)27(31)28-19-23-10-6-7-11-24(23)20-30-16-8-3-9-17-30/h2,4-7,10-15,18,29H,3,8-9,16-17,19-20H2,1H3,(H,28,31). The van der Waals surface area contributed by atoms with Crippen LogP contribution in [0, 0.1) is 6.92 Å². The summed E-state index contributed by atoms with van der Waals surface area (Å²) >= 11 is 0. The fourth-order valence-corrected chi connectivity index (χ4v) is 5.39. The molecule has 1 fully saturated rings. The third-order valence-corrected chi connectivity index (χ3v) is 7.57. The number of carbonyl (C=O) groups is 1. The Bertz CT molecular complexity index is 1240. The van der Waals surface area contributed by atoms with Gasteiger partial charge in [0.2, 0.25) is 0 Å². The number of hydrogen-bond acceptors (Lipinski definition) is 4. The summed E-state index contributed by atoms with van der Waals surface area (Å²) in [6.45, 7) is 5.39. The number of sulfonamides is 1. The third kappa shape index (κ3) is 6.04. The molecule has 0 unspecified atom stereocenters. The van der Waals surface area contributed by atoms with Gasteiger partial charge < -0.3 is 5.32 Å². The van der Waals surface area contributed by atoms with Crippen LogP contribution in [-0.2, 0) is 23.1 Å². The Morgan fingerprint density at radius 2 is 1.56 bits per heavy atom. The molecule has 0 aliphatic carbocycles. The third-order valence-electron chi connectivity index (χ3n) is 6.19. The number of aryl methyl sites for hydroxylation is 1. The van der Waals surface area contributed by atoms with Crippen LogP contribution in [0.5, 0.6) is 0 Å². The monoisotopic (exact) mass is 477 g/mol. The summed E-state index contributed by atoms with van der Waals surface area (Å²) in [5.74, 6) is -0.187. The molecule has 7 heteroatoms. The summed E-state index contributed by atoms with van der Waals surface area (Å²) in [6.07, 6.45) is 3.80. The lowest BCUT2D eigenvalue weighted by molar-refractivity contribution is 0.0950. The van der Waals surface area contributed by atoms with Crippen LogP contribution in [-0.4, -0.2) is 32.3 Å². The van der Waals surface area contributed by atoms with E-state index in [4.69, 9.17) is 0 Å². The number of nitrogens with zero attached hydrogens (tertiary/aromatic N) is 1. The Balaban J connectivity index is 1.40.